The Kier molecular flexibility index (Phi) is 16.8. The quantitative estimate of drug-likeness (QED) is 0.224. The van der Waals surface area contributed by atoms with Crippen molar-refractivity contribution in [3.63, 3.8) is 0 Å². The maximum absolute atomic E-state index is 10.5. The van der Waals surface area contributed by atoms with Crippen molar-refractivity contribution in [3.05, 3.63) is 23.3 Å². The number of unbranched alkanes of at least 4 members (excludes halogenated alkanes) is 10. The highest BCUT2D eigenvalue weighted by molar-refractivity contribution is 7.99. The Balaban J connectivity index is 2.18. The summed E-state index contributed by atoms with van der Waals surface area (Å²) in [5.74, 6) is 4.88. The van der Waals surface area contributed by atoms with Gasteiger partial charge < -0.3 is 5.11 Å². The Morgan fingerprint density at radius 2 is 1.25 bits per heavy atom. The lowest BCUT2D eigenvalue weighted by molar-refractivity contribution is 0.171. The van der Waals surface area contributed by atoms with Crippen LogP contribution in [0.2, 0.25) is 0 Å². The van der Waals surface area contributed by atoms with E-state index in [1.54, 1.807) is 0 Å². The fraction of sp³-hybridized carbons (Fsp3) is 0.840. The number of hydrogen-bond acceptors (Lipinski definition) is 3. The standard InChI is InChI=1S/C25H46OS2/c1-4-6-8-10-12-14-16-27-20-23-18-22(3)25(26)24(19-23)21-28-17-15-13-11-9-7-5-2/h18-19,22,25-26H,4-17,20-21H2,1-3H3. The van der Waals surface area contributed by atoms with E-state index in [2.05, 4.69) is 44.7 Å². The first kappa shape index (κ1) is 26.2. The van der Waals surface area contributed by atoms with Crippen molar-refractivity contribution in [2.75, 3.05) is 23.0 Å². The molecule has 0 saturated carbocycles. The van der Waals surface area contributed by atoms with Gasteiger partial charge in [-0.2, -0.15) is 23.5 Å². The van der Waals surface area contributed by atoms with E-state index in [4.69, 9.17) is 0 Å². The molecule has 0 aromatic carbocycles. The van der Waals surface area contributed by atoms with Crippen LogP contribution in [0.25, 0.3) is 0 Å². The molecule has 3 heteroatoms. The molecule has 0 radical (unpaired) electrons. The minimum Gasteiger partial charge on any atom is -0.388 e. The second kappa shape index (κ2) is 18.0. The van der Waals surface area contributed by atoms with Gasteiger partial charge in [0, 0.05) is 17.4 Å². The fourth-order valence-electron chi connectivity index (χ4n) is 3.70. The third kappa shape index (κ3) is 12.6. The zero-order valence-electron chi connectivity index (χ0n) is 18.9. The summed E-state index contributed by atoms with van der Waals surface area (Å²) in [7, 11) is 0. The number of aliphatic hydroxyl groups is 1. The molecular weight excluding hydrogens is 380 g/mol. The molecule has 1 aliphatic carbocycles. The smallest absolute Gasteiger partial charge is 0.0821 e. The molecule has 0 aromatic rings. The Morgan fingerprint density at radius 3 is 1.82 bits per heavy atom. The zero-order valence-corrected chi connectivity index (χ0v) is 20.5. The fourth-order valence-corrected chi connectivity index (χ4v) is 5.71. The van der Waals surface area contributed by atoms with Crippen LogP contribution in [0, 0.1) is 5.92 Å². The number of thioether (sulfide) groups is 2. The van der Waals surface area contributed by atoms with E-state index in [0.717, 1.165) is 11.5 Å². The summed E-state index contributed by atoms with van der Waals surface area (Å²) in [4.78, 5) is 0. The maximum atomic E-state index is 10.5. The van der Waals surface area contributed by atoms with Gasteiger partial charge >= 0.3 is 0 Å². The molecule has 0 heterocycles. The van der Waals surface area contributed by atoms with Gasteiger partial charge in [-0.3, -0.25) is 0 Å². The Morgan fingerprint density at radius 1 is 0.750 bits per heavy atom. The van der Waals surface area contributed by atoms with Crippen molar-refractivity contribution >= 4 is 23.5 Å². The number of allylic oxidation sites excluding steroid dienone is 1. The molecular formula is C25H46OS2. The number of aliphatic hydroxyl groups excluding tert-OH is 1. The van der Waals surface area contributed by atoms with Crippen molar-refractivity contribution in [2.24, 2.45) is 5.92 Å². The second-order valence-corrected chi connectivity index (χ2v) is 10.6. The molecule has 2 unspecified atom stereocenters. The highest BCUT2D eigenvalue weighted by Crippen LogP contribution is 2.28. The molecule has 1 rings (SSSR count). The minimum absolute atomic E-state index is 0.263. The Hall–Kier alpha value is 0.140. The monoisotopic (exact) mass is 426 g/mol. The van der Waals surface area contributed by atoms with Crippen LogP contribution in [0.3, 0.4) is 0 Å². The SMILES string of the molecule is CCCCCCCCSCC1=CC(C)C(O)C(CSCCCCCCCC)=C1. The van der Waals surface area contributed by atoms with E-state index in [0.29, 0.717) is 0 Å². The summed E-state index contributed by atoms with van der Waals surface area (Å²) in [6.07, 6.45) is 20.8. The van der Waals surface area contributed by atoms with Crippen molar-refractivity contribution in [1.29, 1.82) is 0 Å². The normalized spacial score (nSPS) is 19.6. The average Bonchev–Trinajstić information content (AvgIpc) is 2.69. The van der Waals surface area contributed by atoms with Gasteiger partial charge in [-0.15, -0.1) is 0 Å². The van der Waals surface area contributed by atoms with E-state index in [9.17, 15) is 5.11 Å². The Labute approximate surface area is 184 Å². The third-order valence-electron chi connectivity index (χ3n) is 5.55. The summed E-state index contributed by atoms with van der Waals surface area (Å²) >= 11 is 4.08. The highest BCUT2D eigenvalue weighted by Gasteiger charge is 2.21. The first-order valence-electron chi connectivity index (χ1n) is 11.9. The van der Waals surface area contributed by atoms with Crippen LogP contribution in [0.5, 0.6) is 0 Å². The number of rotatable bonds is 18. The van der Waals surface area contributed by atoms with Crippen LogP contribution in [-0.2, 0) is 0 Å². The summed E-state index contributed by atoms with van der Waals surface area (Å²) in [5, 5.41) is 10.5. The van der Waals surface area contributed by atoms with Gasteiger partial charge in [0.05, 0.1) is 6.10 Å². The lowest BCUT2D eigenvalue weighted by atomic mass is 9.90. The van der Waals surface area contributed by atoms with Gasteiger partial charge in [0.1, 0.15) is 0 Å². The lowest BCUT2D eigenvalue weighted by Gasteiger charge is -2.25. The van der Waals surface area contributed by atoms with Gasteiger partial charge in [-0.05, 0) is 35.5 Å². The molecule has 0 aromatic heterocycles. The molecule has 1 nitrogen and oxygen atoms in total. The molecule has 164 valence electrons. The van der Waals surface area contributed by atoms with Gasteiger partial charge in [-0.1, -0.05) is 97.1 Å². The van der Waals surface area contributed by atoms with E-state index >= 15 is 0 Å². The van der Waals surface area contributed by atoms with E-state index in [-0.39, 0.29) is 12.0 Å². The van der Waals surface area contributed by atoms with Crippen LogP contribution in [0.15, 0.2) is 23.3 Å². The summed E-state index contributed by atoms with van der Waals surface area (Å²) in [6, 6.07) is 0. The molecule has 0 aliphatic heterocycles. The predicted octanol–water partition coefficient (Wildman–Crippen LogP) is 8.04. The van der Waals surface area contributed by atoms with Gasteiger partial charge in [0.25, 0.3) is 0 Å². The average molecular weight is 427 g/mol. The van der Waals surface area contributed by atoms with Gasteiger partial charge in [-0.25, -0.2) is 0 Å². The molecule has 0 amide bonds. The minimum atomic E-state index is -0.274. The van der Waals surface area contributed by atoms with Crippen LogP contribution in [0.4, 0.5) is 0 Å². The van der Waals surface area contributed by atoms with Crippen molar-refractivity contribution in [1.82, 2.24) is 0 Å². The molecule has 0 saturated heterocycles. The number of hydrogen-bond donors (Lipinski definition) is 1. The molecule has 2 atom stereocenters. The van der Waals surface area contributed by atoms with E-state index < -0.39 is 0 Å². The van der Waals surface area contributed by atoms with Crippen molar-refractivity contribution in [2.45, 2.75) is 104 Å². The van der Waals surface area contributed by atoms with Crippen LogP contribution in [-0.4, -0.2) is 34.2 Å². The van der Waals surface area contributed by atoms with Crippen LogP contribution >= 0.6 is 23.5 Å². The molecule has 1 N–H and O–H groups in total. The lowest BCUT2D eigenvalue weighted by Crippen LogP contribution is -2.24. The second-order valence-electron chi connectivity index (χ2n) is 8.41. The Bertz CT molecular complexity index is 430. The maximum Gasteiger partial charge on any atom is 0.0821 e. The largest absolute Gasteiger partial charge is 0.388 e. The van der Waals surface area contributed by atoms with Gasteiger partial charge in [0.15, 0.2) is 0 Å². The summed E-state index contributed by atoms with van der Waals surface area (Å²) < 4.78 is 0. The summed E-state index contributed by atoms with van der Waals surface area (Å²) in [5.41, 5.74) is 2.69. The van der Waals surface area contributed by atoms with Gasteiger partial charge in [0.2, 0.25) is 0 Å². The van der Waals surface area contributed by atoms with E-state index in [1.165, 1.54) is 99.7 Å². The summed E-state index contributed by atoms with van der Waals surface area (Å²) in [6.45, 7) is 6.71. The molecule has 0 spiro atoms. The first-order chi connectivity index (χ1) is 13.7. The molecule has 0 bridgehead atoms. The topological polar surface area (TPSA) is 20.2 Å². The predicted molar refractivity (Wildman–Crippen MR) is 133 cm³/mol. The molecule has 1 aliphatic rings. The first-order valence-corrected chi connectivity index (χ1v) is 14.2. The van der Waals surface area contributed by atoms with Crippen molar-refractivity contribution in [3.8, 4) is 0 Å². The molecule has 0 fully saturated rings. The van der Waals surface area contributed by atoms with Crippen LogP contribution in [0.1, 0.15) is 97.8 Å². The third-order valence-corrected chi connectivity index (χ3v) is 7.78. The molecule has 28 heavy (non-hydrogen) atoms. The van der Waals surface area contributed by atoms with Crippen molar-refractivity contribution < 1.29 is 5.11 Å². The van der Waals surface area contributed by atoms with Crippen LogP contribution < -0.4 is 0 Å². The van der Waals surface area contributed by atoms with E-state index in [1.807, 2.05) is 11.8 Å². The zero-order chi connectivity index (χ0) is 20.5. The highest BCUT2D eigenvalue weighted by atomic mass is 32.2.